The summed E-state index contributed by atoms with van der Waals surface area (Å²) < 4.78 is 1.89. The van der Waals surface area contributed by atoms with Gasteiger partial charge in [0, 0.05) is 25.2 Å². The Morgan fingerprint density at radius 2 is 2.16 bits per heavy atom. The van der Waals surface area contributed by atoms with Gasteiger partial charge < -0.3 is 14.8 Å². The molecule has 1 aliphatic heterocycles. The topological polar surface area (TPSA) is 50.2 Å². The SMILES string of the molecule is CC(C)N1CCC(C(=O)NCc2cn(C)cn2)CC1. The molecule has 0 aromatic carbocycles. The van der Waals surface area contributed by atoms with Gasteiger partial charge in [-0.25, -0.2) is 4.98 Å². The van der Waals surface area contributed by atoms with Crippen LogP contribution >= 0.6 is 0 Å². The van der Waals surface area contributed by atoms with Gasteiger partial charge >= 0.3 is 0 Å². The molecule has 0 atom stereocenters. The minimum Gasteiger partial charge on any atom is -0.350 e. The minimum atomic E-state index is 0.165. The Bertz CT molecular complexity index is 419. The van der Waals surface area contributed by atoms with Gasteiger partial charge in [-0.15, -0.1) is 0 Å². The van der Waals surface area contributed by atoms with Gasteiger partial charge in [-0.1, -0.05) is 0 Å². The monoisotopic (exact) mass is 264 g/mol. The number of nitrogens with one attached hydrogen (secondary N) is 1. The first-order valence-corrected chi connectivity index (χ1v) is 7.05. The average Bonchev–Trinajstić information content (AvgIpc) is 2.82. The lowest BCUT2D eigenvalue weighted by molar-refractivity contribution is -0.126. The first kappa shape index (κ1) is 14.1. The Hall–Kier alpha value is -1.36. The number of imidazole rings is 1. The number of rotatable bonds is 4. The molecular formula is C14H24N4O. The summed E-state index contributed by atoms with van der Waals surface area (Å²) in [5.41, 5.74) is 0.912. The van der Waals surface area contributed by atoms with Crippen LogP contribution in [-0.4, -0.2) is 39.5 Å². The van der Waals surface area contributed by atoms with E-state index in [0.29, 0.717) is 12.6 Å². The van der Waals surface area contributed by atoms with E-state index >= 15 is 0 Å². The summed E-state index contributed by atoms with van der Waals surface area (Å²) >= 11 is 0. The van der Waals surface area contributed by atoms with E-state index in [1.807, 2.05) is 17.8 Å². The Kier molecular flexibility index (Phi) is 4.58. The van der Waals surface area contributed by atoms with Crippen molar-refractivity contribution in [2.45, 2.75) is 39.3 Å². The van der Waals surface area contributed by atoms with Crippen LogP contribution in [0.1, 0.15) is 32.4 Å². The second-order valence-corrected chi connectivity index (χ2v) is 5.65. The van der Waals surface area contributed by atoms with E-state index in [9.17, 15) is 4.79 Å². The van der Waals surface area contributed by atoms with Gasteiger partial charge in [-0.05, 0) is 39.8 Å². The number of hydrogen-bond donors (Lipinski definition) is 1. The molecule has 1 N–H and O–H groups in total. The van der Waals surface area contributed by atoms with Crippen molar-refractivity contribution < 1.29 is 4.79 Å². The van der Waals surface area contributed by atoms with Crippen molar-refractivity contribution in [3.8, 4) is 0 Å². The third-order valence-electron chi connectivity index (χ3n) is 3.83. The molecule has 19 heavy (non-hydrogen) atoms. The fraction of sp³-hybridized carbons (Fsp3) is 0.714. The van der Waals surface area contributed by atoms with Crippen LogP contribution in [0, 0.1) is 5.92 Å². The van der Waals surface area contributed by atoms with Crippen molar-refractivity contribution in [2.75, 3.05) is 13.1 Å². The van der Waals surface area contributed by atoms with Crippen LogP contribution in [0.3, 0.4) is 0 Å². The molecule has 2 heterocycles. The zero-order valence-corrected chi connectivity index (χ0v) is 12.1. The summed E-state index contributed by atoms with van der Waals surface area (Å²) in [7, 11) is 1.93. The van der Waals surface area contributed by atoms with Gasteiger partial charge in [0.15, 0.2) is 0 Å². The molecule has 2 rings (SSSR count). The number of aromatic nitrogens is 2. The van der Waals surface area contributed by atoms with Crippen LogP contribution in [0.4, 0.5) is 0 Å². The van der Waals surface area contributed by atoms with Crippen LogP contribution < -0.4 is 5.32 Å². The van der Waals surface area contributed by atoms with Crippen LogP contribution in [0.15, 0.2) is 12.5 Å². The lowest BCUT2D eigenvalue weighted by Gasteiger charge is -2.33. The normalized spacial score (nSPS) is 17.9. The summed E-state index contributed by atoms with van der Waals surface area (Å²) in [5.74, 6) is 0.341. The quantitative estimate of drug-likeness (QED) is 0.887. The first-order valence-electron chi connectivity index (χ1n) is 7.05. The number of aryl methyl sites for hydroxylation is 1. The van der Waals surface area contributed by atoms with Gasteiger partial charge in [0.2, 0.25) is 5.91 Å². The maximum atomic E-state index is 12.1. The molecule has 1 aliphatic rings. The fourth-order valence-electron chi connectivity index (χ4n) is 2.56. The smallest absolute Gasteiger partial charge is 0.223 e. The molecule has 1 saturated heterocycles. The van der Waals surface area contributed by atoms with E-state index in [-0.39, 0.29) is 11.8 Å². The van der Waals surface area contributed by atoms with Crippen LogP contribution in [-0.2, 0) is 18.4 Å². The molecule has 0 saturated carbocycles. The van der Waals surface area contributed by atoms with Gasteiger partial charge in [-0.2, -0.15) is 0 Å². The molecule has 106 valence electrons. The second kappa shape index (κ2) is 6.19. The molecular weight excluding hydrogens is 240 g/mol. The highest BCUT2D eigenvalue weighted by atomic mass is 16.1. The Balaban J connectivity index is 1.75. The van der Waals surface area contributed by atoms with E-state index in [4.69, 9.17) is 0 Å². The number of carbonyl (C=O) groups excluding carboxylic acids is 1. The molecule has 5 nitrogen and oxygen atoms in total. The van der Waals surface area contributed by atoms with Crippen LogP contribution in [0.2, 0.25) is 0 Å². The molecule has 1 fully saturated rings. The third-order valence-corrected chi connectivity index (χ3v) is 3.83. The van der Waals surface area contributed by atoms with Crippen molar-refractivity contribution in [2.24, 2.45) is 13.0 Å². The zero-order chi connectivity index (χ0) is 13.8. The van der Waals surface area contributed by atoms with Crippen molar-refractivity contribution in [3.05, 3.63) is 18.2 Å². The number of hydrogen-bond acceptors (Lipinski definition) is 3. The maximum absolute atomic E-state index is 12.1. The minimum absolute atomic E-state index is 0.165. The van der Waals surface area contributed by atoms with Gasteiger partial charge in [0.1, 0.15) is 0 Å². The molecule has 1 amide bonds. The lowest BCUT2D eigenvalue weighted by Crippen LogP contribution is -2.42. The summed E-state index contributed by atoms with van der Waals surface area (Å²) in [4.78, 5) is 18.7. The maximum Gasteiger partial charge on any atom is 0.223 e. The summed E-state index contributed by atoms with van der Waals surface area (Å²) in [6.45, 7) is 7.01. The zero-order valence-electron chi connectivity index (χ0n) is 12.1. The number of likely N-dealkylation sites (tertiary alicyclic amines) is 1. The Labute approximate surface area is 115 Å². The summed E-state index contributed by atoms with van der Waals surface area (Å²) in [6, 6.07) is 0.581. The number of nitrogens with zero attached hydrogens (tertiary/aromatic N) is 3. The summed E-state index contributed by atoms with van der Waals surface area (Å²) in [6.07, 6.45) is 5.61. The van der Waals surface area contributed by atoms with Crippen molar-refractivity contribution >= 4 is 5.91 Å². The standard InChI is InChI=1S/C14H24N4O/c1-11(2)18-6-4-12(5-7-18)14(19)15-8-13-9-17(3)10-16-13/h9-12H,4-8H2,1-3H3,(H,15,19). The second-order valence-electron chi connectivity index (χ2n) is 5.65. The number of piperidine rings is 1. The van der Waals surface area contributed by atoms with E-state index in [1.165, 1.54) is 0 Å². The predicted octanol–water partition coefficient (Wildman–Crippen LogP) is 1.16. The molecule has 0 bridgehead atoms. The van der Waals surface area contributed by atoms with E-state index in [1.54, 1.807) is 6.33 Å². The number of amides is 1. The Morgan fingerprint density at radius 1 is 1.47 bits per heavy atom. The molecule has 0 unspecified atom stereocenters. The van der Waals surface area contributed by atoms with Gasteiger partial charge in [0.25, 0.3) is 0 Å². The molecule has 0 radical (unpaired) electrons. The van der Waals surface area contributed by atoms with Crippen LogP contribution in [0.25, 0.3) is 0 Å². The van der Waals surface area contributed by atoms with Crippen LogP contribution in [0.5, 0.6) is 0 Å². The van der Waals surface area contributed by atoms with E-state index < -0.39 is 0 Å². The fourth-order valence-corrected chi connectivity index (χ4v) is 2.56. The lowest BCUT2D eigenvalue weighted by atomic mass is 9.95. The molecule has 0 spiro atoms. The van der Waals surface area contributed by atoms with Crippen molar-refractivity contribution in [3.63, 3.8) is 0 Å². The van der Waals surface area contributed by atoms with Gasteiger partial charge in [0.05, 0.1) is 18.6 Å². The first-order chi connectivity index (χ1) is 9.06. The van der Waals surface area contributed by atoms with E-state index in [0.717, 1.165) is 31.6 Å². The number of carbonyl (C=O) groups is 1. The molecule has 1 aromatic heterocycles. The highest BCUT2D eigenvalue weighted by Crippen LogP contribution is 2.19. The Morgan fingerprint density at radius 3 is 2.68 bits per heavy atom. The summed E-state index contributed by atoms with van der Waals surface area (Å²) in [5, 5.41) is 2.99. The highest BCUT2D eigenvalue weighted by molar-refractivity contribution is 5.78. The molecule has 0 aliphatic carbocycles. The molecule has 1 aromatic rings. The van der Waals surface area contributed by atoms with Crippen molar-refractivity contribution in [1.29, 1.82) is 0 Å². The highest BCUT2D eigenvalue weighted by Gasteiger charge is 2.25. The third kappa shape index (κ3) is 3.80. The predicted molar refractivity (Wildman–Crippen MR) is 74.5 cm³/mol. The van der Waals surface area contributed by atoms with Gasteiger partial charge in [-0.3, -0.25) is 4.79 Å². The van der Waals surface area contributed by atoms with Crippen molar-refractivity contribution in [1.82, 2.24) is 19.8 Å². The van der Waals surface area contributed by atoms with E-state index in [2.05, 4.69) is 29.0 Å². The largest absolute Gasteiger partial charge is 0.350 e. The molecule has 5 heteroatoms. The average molecular weight is 264 g/mol.